The summed E-state index contributed by atoms with van der Waals surface area (Å²) in [5.41, 5.74) is 1.09. The van der Waals surface area contributed by atoms with Crippen LogP contribution in [0.4, 0.5) is 0 Å². The van der Waals surface area contributed by atoms with Crippen molar-refractivity contribution in [2.75, 3.05) is 20.8 Å². The van der Waals surface area contributed by atoms with Crippen LogP contribution in [-0.4, -0.2) is 41.8 Å². The molecule has 0 spiro atoms. The van der Waals surface area contributed by atoms with Gasteiger partial charge in [-0.2, -0.15) is 0 Å². The first kappa shape index (κ1) is 16.0. The van der Waals surface area contributed by atoms with Crippen LogP contribution in [0.15, 0.2) is 12.1 Å². The molecule has 2 N–H and O–H groups in total. The molecule has 2 aromatic rings. The van der Waals surface area contributed by atoms with Gasteiger partial charge in [0.1, 0.15) is 6.23 Å². The van der Waals surface area contributed by atoms with Gasteiger partial charge in [0.15, 0.2) is 11.5 Å². The minimum atomic E-state index is -0.810. The van der Waals surface area contributed by atoms with Crippen LogP contribution in [0.3, 0.4) is 0 Å². The van der Waals surface area contributed by atoms with E-state index in [0.717, 1.165) is 20.5 Å². The number of rotatable bonds is 6. The van der Waals surface area contributed by atoms with Crippen LogP contribution >= 0.6 is 11.3 Å². The molecule has 2 heterocycles. The van der Waals surface area contributed by atoms with Crippen molar-refractivity contribution in [1.29, 1.82) is 0 Å². The highest BCUT2D eigenvalue weighted by atomic mass is 32.1. The van der Waals surface area contributed by atoms with Crippen molar-refractivity contribution in [2.24, 2.45) is 0 Å². The fourth-order valence-electron chi connectivity index (χ4n) is 2.96. The van der Waals surface area contributed by atoms with Gasteiger partial charge in [0, 0.05) is 35.7 Å². The third kappa shape index (κ3) is 2.87. The summed E-state index contributed by atoms with van der Waals surface area (Å²) in [4.78, 5) is 13.4. The first-order chi connectivity index (χ1) is 11.0. The fraction of sp³-hybridized carbons (Fsp3) is 0.438. The Kier molecular flexibility index (Phi) is 4.43. The number of benzene rings is 1. The van der Waals surface area contributed by atoms with Crippen molar-refractivity contribution in [1.82, 2.24) is 4.90 Å². The Morgan fingerprint density at radius 2 is 2.04 bits per heavy atom. The maximum Gasteiger partial charge on any atom is 0.303 e. The van der Waals surface area contributed by atoms with E-state index in [2.05, 4.69) is 0 Å². The molecule has 0 bridgehead atoms. The van der Waals surface area contributed by atoms with E-state index in [-0.39, 0.29) is 6.42 Å². The molecule has 0 saturated heterocycles. The summed E-state index contributed by atoms with van der Waals surface area (Å²) in [5, 5.41) is 20.3. The largest absolute Gasteiger partial charge is 0.493 e. The van der Waals surface area contributed by atoms with E-state index in [1.165, 1.54) is 0 Å². The quantitative estimate of drug-likeness (QED) is 0.843. The number of carboxylic acids is 1. The number of hydrogen-bond donors (Lipinski definition) is 2. The molecule has 1 aromatic heterocycles. The van der Waals surface area contributed by atoms with Crippen LogP contribution in [0.1, 0.15) is 29.5 Å². The molecule has 1 aliphatic rings. The van der Waals surface area contributed by atoms with Crippen molar-refractivity contribution in [3.8, 4) is 11.5 Å². The lowest BCUT2D eigenvalue weighted by atomic mass is 10.1. The molecule has 1 unspecified atom stereocenters. The van der Waals surface area contributed by atoms with Gasteiger partial charge in [-0.05, 0) is 18.1 Å². The Morgan fingerprint density at radius 1 is 1.35 bits per heavy atom. The summed E-state index contributed by atoms with van der Waals surface area (Å²) in [6.45, 7) is 1.18. The molecular weight excluding hydrogens is 318 g/mol. The molecule has 23 heavy (non-hydrogen) atoms. The molecule has 1 aromatic carbocycles. The Bertz CT molecular complexity index is 742. The number of methoxy groups -OCH3 is 2. The first-order valence-electron chi connectivity index (χ1n) is 7.36. The summed E-state index contributed by atoms with van der Waals surface area (Å²) in [6, 6.07) is 3.87. The Hall–Kier alpha value is -1.83. The minimum absolute atomic E-state index is 0.114. The van der Waals surface area contributed by atoms with Crippen molar-refractivity contribution in [2.45, 2.75) is 25.6 Å². The highest BCUT2D eigenvalue weighted by molar-refractivity contribution is 7.19. The number of ether oxygens (including phenoxy) is 2. The molecule has 0 fully saturated rings. The van der Waals surface area contributed by atoms with E-state index < -0.39 is 12.2 Å². The smallest absolute Gasteiger partial charge is 0.303 e. The van der Waals surface area contributed by atoms with Crippen LogP contribution < -0.4 is 9.47 Å². The average Bonchev–Trinajstić information content (AvgIpc) is 3.02. The van der Waals surface area contributed by atoms with Gasteiger partial charge in [0.05, 0.1) is 19.1 Å². The van der Waals surface area contributed by atoms with E-state index in [4.69, 9.17) is 14.6 Å². The maximum atomic E-state index is 10.6. The van der Waals surface area contributed by atoms with Crippen LogP contribution in [0.5, 0.6) is 11.5 Å². The maximum absolute atomic E-state index is 10.6. The van der Waals surface area contributed by atoms with Gasteiger partial charge in [-0.3, -0.25) is 9.69 Å². The number of fused-ring (bicyclic) bond motifs is 3. The van der Waals surface area contributed by atoms with Crippen LogP contribution in [0.2, 0.25) is 0 Å². The zero-order valence-corrected chi connectivity index (χ0v) is 13.9. The van der Waals surface area contributed by atoms with Gasteiger partial charge in [-0.1, -0.05) is 0 Å². The van der Waals surface area contributed by atoms with Crippen LogP contribution in [-0.2, 0) is 11.3 Å². The highest BCUT2D eigenvalue weighted by Gasteiger charge is 2.32. The molecule has 0 amide bonds. The van der Waals surface area contributed by atoms with E-state index in [9.17, 15) is 9.90 Å². The number of hydrogen-bond acceptors (Lipinski definition) is 6. The lowest BCUT2D eigenvalue weighted by Crippen LogP contribution is -2.23. The van der Waals surface area contributed by atoms with Gasteiger partial charge >= 0.3 is 5.97 Å². The predicted molar refractivity (Wildman–Crippen MR) is 87.2 cm³/mol. The highest BCUT2D eigenvalue weighted by Crippen LogP contribution is 2.46. The summed E-state index contributed by atoms with van der Waals surface area (Å²) in [6.07, 6.45) is -0.0350. The van der Waals surface area contributed by atoms with Gasteiger partial charge in [-0.15, -0.1) is 11.3 Å². The molecule has 1 atom stereocenters. The average molecular weight is 337 g/mol. The Balaban J connectivity index is 1.88. The second-order valence-corrected chi connectivity index (χ2v) is 6.57. The van der Waals surface area contributed by atoms with E-state index in [1.807, 2.05) is 17.0 Å². The predicted octanol–water partition coefficient (Wildman–Crippen LogP) is 2.59. The molecule has 0 aliphatic carbocycles. The number of aliphatic hydroxyl groups is 1. The number of thiophene rings is 1. The van der Waals surface area contributed by atoms with Gasteiger partial charge < -0.3 is 19.7 Å². The zero-order chi connectivity index (χ0) is 16.6. The normalized spacial score (nSPS) is 17.4. The van der Waals surface area contributed by atoms with Crippen molar-refractivity contribution in [3.63, 3.8) is 0 Å². The summed E-state index contributed by atoms with van der Waals surface area (Å²) < 4.78 is 11.7. The Morgan fingerprint density at radius 3 is 2.70 bits per heavy atom. The SMILES string of the molecule is COc1cc2sc3c(c2cc1OC)CN(CCCC(=O)O)C3O. The molecule has 1 aliphatic heterocycles. The number of nitrogens with zero attached hydrogens (tertiary/aromatic N) is 1. The lowest BCUT2D eigenvalue weighted by molar-refractivity contribution is -0.137. The lowest BCUT2D eigenvalue weighted by Gasteiger charge is -2.19. The zero-order valence-electron chi connectivity index (χ0n) is 13.0. The first-order valence-corrected chi connectivity index (χ1v) is 8.18. The summed E-state index contributed by atoms with van der Waals surface area (Å²) >= 11 is 1.54. The molecule has 124 valence electrons. The number of aliphatic carboxylic acids is 1. The molecular formula is C16H19NO5S. The summed E-state index contributed by atoms with van der Waals surface area (Å²) in [7, 11) is 3.20. The standard InChI is InChI=1S/C16H19NO5S/c1-21-11-6-9-10-8-17(5-3-4-14(18)19)16(20)15(10)23-13(9)7-12(11)22-2/h6-7,16,20H,3-5,8H2,1-2H3,(H,18,19). The van der Waals surface area contributed by atoms with Crippen molar-refractivity contribution < 1.29 is 24.5 Å². The Labute approximate surface area is 137 Å². The molecule has 0 saturated carbocycles. The van der Waals surface area contributed by atoms with Crippen molar-refractivity contribution >= 4 is 27.4 Å². The molecule has 7 heteroatoms. The van der Waals surface area contributed by atoms with Crippen molar-refractivity contribution in [3.05, 3.63) is 22.6 Å². The fourth-order valence-corrected chi connectivity index (χ4v) is 4.20. The number of carbonyl (C=O) groups is 1. The summed E-state index contributed by atoms with van der Waals surface area (Å²) in [5.74, 6) is 0.530. The molecule has 6 nitrogen and oxygen atoms in total. The van der Waals surface area contributed by atoms with Gasteiger partial charge in [0.2, 0.25) is 0 Å². The second-order valence-electron chi connectivity index (χ2n) is 5.49. The van der Waals surface area contributed by atoms with E-state index in [1.54, 1.807) is 25.6 Å². The molecule has 0 radical (unpaired) electrons. The minimum Gasteiger partial charge on any atom is -0.493 e. The monoisotopic (exact) mass is 337 g/mol. The topological polar surface area (TPSA) is 79.2 Å². The third-order valence-corrected chi connectivity index (χ3v) is 5.34. The van der Waals surface area contributed by atoms with E-state index in [0.29, 0.717) is 31.0 Å². The number of aliphatic hydroxyl groups excluding tert-OH is 1. The number of carboxylic acid groups (broad SMARTS) is 1. The van der Waals surface area contributed by atoms with E-state index >= 15 is 0 Å². The van der Waals surface area contributed by atoms with Crippen LogP contribution in [0, 0.1) is 0 Å². The second kappa shape index (κ2) is 6.35. The van der Waals surface area contributed by atoms with Gasteiger partial charge in [-0.25, -0.2) is 0 Å². The van der Waals surface area contributed by atoms with Crippen LogP contribution in [0.25, 0.3) is 10.1 Å². The molecule has 3 rings (SSSR count). The third-order valence-electron chi connectivity index (χ3n) is 4.11. The van der Waals surface area contributed by atoms with Gasteiger partial charge in [0.25, 0.3) is 0 Å².